The van der Waals surface area contributed by atoms with Crippen molar-refractivity contribution in [2.45, 2.75) is 50.7 Å². The number of halogens is 3. The molecule has 27 heavy (non-hydrogen) atoms. The Bertz CT molecular complexity index is 905. The molecule has 1 saturated carbocycles. The lowest BCUT2D eigenvalue weighted by Gasteiger charge is -2.20. The Morgan fingerprint density at radius 3 is 2.70 bits per heavy atom. The smallest absolute Gasteiger partial charge is 0.354 e. The molecule has 0 bridgehead atoms. The van der Waals surface area contributed by atoms with Gasteiger partial charge in [0, 0.05) is 18.7 Å². The van der Waals surface area contributed by atoms with Crippen LogP contribution in [0.2, 0.25) is 0 Å². The Kier molecular flexibility index (Phi) is 3.90. The Morgan fingerprint density at radius 1 is 1.37 bits per heavy atom. The van der Waals surface area contributed by atoms with Gasteiger partial charge in [-0.05, 0) is 33.1 Å². The van der Waals surface area contributed by atoms with Crippen LogP contribution in [0.15, 0.2) is 12.4 Å². The van der Waals surface area contributed by atoms with Crippen LogP contribution in [-0.4, -0.2) is 32.2 Å². The van der Waals surface area contributed by atoms with Gasteiger partial charge in [-0.1, -0.05) is 0 Å². The third kappa shape index (κ3) is 3.13. The molecule has 7 nitrogen and oxygen atoms in total. The second-order valence-corrected chi connectivity index (χ2v) is 7.24. The van der Waals surface area contributed by atoms with Crippen LogP contribution in [-0.2, 0) is 16.5 Å². The quantitative estimate of drug-likeness (QED) is 0.852. The Labute approximate surface area is 153 Å². The van der Waals surface area contributed by atoms with Crippen molar-refractivity contribution in [3.8, 4) is 0 Å². The average molecular weight is 380 g/mol. The Morgan fingerprint density at radius 2 is 2.11 bits per heavy atom. The van der Waals surface area contributed by atoms with Crippen molar-refractivity contribution in [1.29, 1.82) is 0 Å². The number of aromatic nitrogens is 4. The third-order valence-electron chi connectivity index (χ3n) is 5.13. The number of anilines is 2. The molecule has 144 valence electrons. The van der Waals surface area contributed by atoms with Crippen LogP contribution in [0.1, 0.15) is 49.1 Å². The number of amides is 1. The fraction of sp³-hybridized carbons (Fsp3) is 0.529. The van der Waals surface area contributed by atoms with E-state index in [0.29, 0.717) is 37.2 Å². The normalized spacial score (nSPS) is 22.8. The lowest BCUT2D eigenvalue weighted by Crippen LogP contribution is -2.38. The summed E-state index contributed by atoms with van der Waals surface area (Å²) in [4.78, 5) is 20.1. The lowest BCUT2D eigenvalue weighted by atomic mass is 10.0. The molecule has 0 aromatic carbocycles. The number of aryl methyl sites for hydroxylation is 1. The lowest BCUT2D eigenvalue weighted by molar-refractivity contribution is -0.138. The van der Waals surface area contributed by atoms with E-state index in [2.05, 4.69) is 25.7 Å². The summed E-state index contributed by atoms with van der Waals surface area (Å²) in [6.45, 7) is 4.12. The molecule has 2 aromatic rings. The standard InChI is InChI=1S/C17H19F3N6O/c1-9-12(8-26(25-9)16(2)5-6-21-14(16)27)23-15-22-7-11(17(18,19)20)13(24-15)10-3-4-10/h7-8,10H,3-6H2,1-2H3,(H,21,27)(H,22,23,24)/t16-/m1/s1. The highest BCUT2D eigenvalue weighted by Gasteiger charge is 2.41. The minimum absolute atomic E-state index is 0.0344. The maximum Gasteiger partial charge on any atom is 0.419 e. The van der Waals surface area contributed by atoms with Crippen LogP contribution in [0, 0.1) is 6.92 Å². The van der Waals surface area contributed by atoms with Crippen molar-refractivity contribution >= 4 is 17.5 Å². The summed E-state index contributed by atoms with van der Waals surface area (Å²) in [6, 6.07) is 0. The van der Waals surface area contributed by atoms with Crippen LogP contribution in [0.3, 0.4) is 0 Å². The number of hydrogen-bond donors (Lipinski definition) is 2. The first kappa shape index (κ1) is 17.7. The van der Waals surface area contributed by atoms with Gasteiger partial charge in [0.2, 0.25) is 11.9 Å². The van der Waals surface area contributed by atoms with Crippen LogP contribution in [0.5, 0.6) is 0 Å². The molecular weight excluding hydrogens is 361 g/mol. The largest absolute Gasteiger partial charge is 0.419 e. The van der Waals surface area contributed by atoms with E-state index >= 15 is 0 Å². The molecule has 1 atom stereocenters. The average Bonchev–Trinajstić information content (AvgIpc) is 3.30. The summed E-state index contributed by atoms with van der Waals surface area (Å²) >= 11 is 0. The highest BCUT2D eigenvalue weighted by molar-refractivity contribution is 5.86. The summed E-state index contributed by atoms with van der Waals surface area (Å²) in [5, 5.41) is 10.1. The second kappa shape index (κ2) is 5.93. The summed E-state index contributed by atoms with van der Waals surface area (Å²) < 4.78 is 41.1. The van der Waals surface area contributed by atoms with E-state index in [-0.39, 0.29) is 23.5 Å². The molecule has 10 heteroatoms. The van der Waals surface area contributed by atoms with Crippen molar-refractivity contribution < 1.29 is 18.0 Å². The summed E-state index contributed by atoms with van der Waals surface area (Å²) in [7, 11) is 0. The third-order valence-corrected chi connectivity index (χ3v) is 5.13. The number of nitrogens with zero attached hydrogens (tertiary/aromatic N) is 4. The molecule has 2 aromatic heterocycles. The zero-order chi connectivity index (χ0) is 19.4. The van der Waals surface area contributed by atoms with Crippen LogP contribution in [0.4, 0.5) is 24.8 Å². The molecule has 0 unspecified atom stereocenters. The first-order chi connectivity index (χ1) is 12.7. The minimum Gasteiger partial charge on any atom is -0.354 e. The maximum absolute atomic E-state index is 13.2. The fourth-order valence-electron chi connectivity index (χ4n) is 3.24. The van der Waals surface area contributed by atoms with Crippen molar-refractivity contribution in [1.82, 2.24) is 25.1 Å². The molecule has 4 rings (SSSR count). The SMILES string of the molecule is Cc1nn([C@]2(C)CCNC2=O)cc1Nc1ncc(C(F)(F)F)c(C2CC2)n1. The van der Waals surface area contributed by atoms with E-state index in [0.717, 1.165) is 6.20 Å². The van der Waals surface area contributed by atoms with Crippen molar-refractivity contribution in [3.05, 3.63) is 29.3 Å². The van der Waals surface area contributed by atoms with Gasteiger partial charge < -0.3 is 10.6 Å². The highest BCUT2D eigenvalue weighted by atomic mass is 19.4. The Balaban J connectivity index is 1.63. The monoisotopic (exact) mass is 380 g/mol. The fourth-order valence-corrected chi connectivity index (χ4v) is 3.24. The summed E-state index contributed by atoms with van der Waals surface area (Å²) in [5.41, 5.74) is -0.375. The van der Waals surface area contributed by atoms with Crippen LogP contribution in [0.25, 0.3) is 0 Å². The van der Waals surface area contributed by atoms with Crippen LogP contribution >= 0.6 is 0 Å². The van der Waals surface area contributed by atoms with Gasteiger partial charge in [0.05, 0.1) is 28.8 Å². The van der Waals surface area contributed by atoms with Gasteiger partial charge in [-0.2, -0.15) is 18.3 Å². The topological polar surface area (TPSA) is 84.7 Å². The molecule has 2 fully saturated rings. The van der Waals surface area contributed by atoms with Crippen LogP contribution < -0.4 is 10.6 Å². The zero-order valence-electron chi connectivity index (χ0n) is 14.9. The molecule has 1 amide bonds. The molecule has 2 aliphatic rings. The van der Waals surface area contributed by atoms with Gasteiger partial charge >= 0.3 is 6.18 Å². The highest BCUT2D eigenvalue weighted by Crippen LogP contribution is 2.45. The minimum atomic E-state index is -4.47. The zero-order valence-corrected chi connectivity index (χ0v) is 14.9. The molecule has 2 N–H and O–H groups in total. The first-order valence-electron chi connectivity index (χ1n) is 8.75. The molecule has 3 heterocycles. The van der Waals surface area contributed by atoms with Gasteiger partial charge in [-0.25, -0.2) is 9.97 Å². The molecule has 0 radical (unpaired) electrons. The van der Waals surface area contributed by atoms with E-state index in [1.54, 1.807) is 24.7 Å². The second-order valence-electron chi connectivity index (χ2n) is 7.24. The van der Waals surface area contributed by atoms with Crippen molar-refractivity contribution in [2.75, 3.05) is 11.9 Å². The molecule has 1 aliphatic carbocycles. The Hall–Kier alpha value is -2.65. The van der Waals surface area contributed by atoms with Gasteiger partial charge in [-0.15, -0.1) is 0 Å². The van der Waals surface area contributed by atoms with E-state index in [1.807, 2.05) is 0 Å². The van der Waals surface area contributed by atoms with Gasteiger partial charge in [0.15, 0.2) is 0 Å². The van der Waals surface area contributed by atoms with E-state index in [1.165, 1.54) is 0 Å². The number of carbonyl (C=O) groups is 1. The molecular formula is C17H19F3N6O. The molecule has 0 spiro atoms. The van der Waals surface area contributed by atoms with E-state index in [4.69, 9.17) is 0 Å². The number of carbonyl (C=O) groups excluding carboxylic acids is 1. The van der Waals surface area contributed by atoms with Gasteiger partial charge in [0.25, 0.3) is 0 Å². The summed E-state index contributed by atoms with van der Waals surface area (Å²) in [6.07, 6.45) is 0.0249. The van der Waals surface area contributed by atoms with Gasteiger partial charge in [0.1, 0.15) is 5.54 Å². The first-order valence-corrected chi connectivity index (χ1v) is 8.75. The number of nitrogens with one attached hydrogen (secondary N) is 2. The van der Waals surface area contributed by atoms with Crippen molar-refractivity contribution in [2.24, 2.45) is 0 Å². The van der Waals surface area contributed by atoms with Gasteiger partial charge in [-0.3, -0.25) is 9.48 Å². The predicted molar refractivity (Wildman–Crippen MR) is 90.5 cm³/mol. The number of alkyl halides is 3. The summed E-state index contributed by atoms with van der Waals surface area (Å²) in [5.74, 6) is -0.193. The van der Waals surface area contributed by atoms with Crippen molar-refractivity contribution in [3.63, 3.8) is 0 Å². The number of rotatable bonds is 4. The molecule has 1 saturated heterocycles. The van der Waals surface area contributed by atoms with E-state index in [9.17, 15) is 18.0 Å². The molecule has 1 aliphatic heterocycles. The maximum atomic E-state index is 13.2. The van der Waals surface area contributed by atoms with E-state index < -0.39 is 17.3 Å². The predicted octanol–water partition coefficient (Wildman–Crippen LogP) is 2.86. The number of hydrogen-bond acceptors (Lipinski definition) is 5.